The first-order valence-corrected chi connectivity index (χ1v) is 2.62. The summed E-state index contributed by atoms with van der Waals surface area (Å²) in [4.78, 5) is 7.44. The van der Waals surface area contributed by atoms with Gasteiger partial charge in [-0.05, 0) is 0 Å². The molecule has 1 aromatic heterocycles. The van der Waals surface area contributed by atoms with Crippen LogP contribution >= 0.6 is 0 Å². The second-order valence-corrected chi connectivity index (χ2v) is 1.74. The maximum atomic E-state index is 6.94. The van der Waals surface area contributed by atoms with Crippen LogP contribution in [0.5, 0.6) is 0 Å². The third-order valence-corrected chi connectivity index (χ3v) is 0.948. The Morgan fingerprint density at radius 2 is 2.10 bits per heavy atom. The van der Waals surface area contributed by atoms with E-state index in [1.165, 1.54) is 12.4 Å². The minimum absolute atomic E-state index is 0.104. The number of nitrogens with zero attached hydrogens (tertiary/aromatic N) is 2. The summed E-state index contributed by atoms with van der Waals surface area (Å²) in [6.45, 7) is 0. The molecule has 5 N–H and O–H groups in total. The average Bonchev–Trinajstić information content (AvgIpc) is 1.88. The molecule has 1 aromatic rings. The highest BCUT2D eigenvalue weighted by molar-refractivity contribution is 5.92. The van der Waals surface area contributed by atoms with E-state index in [1.807, 2.05) is 0 Å². The summed E-state index contributed by atoms with van der Waals surface area (Å²) in [6.07, 6.45) is 2.72. The van der Waals surface area contributed by atoms with Crippen molar-refractivity contribution in [1.29, 1.82) is 5.41 Å². The maximum absolute atomic E-state index is 6.94. The number of hydrogen-bond acceptors (Lipinski definition) is 4. The molecule has 1 heterocycles. The zero-order valence-corrected chi connectivity index (χ0v) is 5.20. The fraction of sp³-hybridized carbons (Fsp3) is 0. The second-order valence-electron chi connectivity index (χ2n) is 1.74. The summed E-state index contributed by atoms with van der Waals surface area (Å²) >= 11 is 0. The lowest BCUT2D eigenvalue weighted by Gasteiger charge is -1.94. The van der Waals surface area contributed by atoms with Crippen molar-refractivity contribution in [1.82, 2.24) is 9.97 Å². The van der Waals surface area contributed by atoms with Gasteiger partial charge in [0, 0.05) is 0 Å². The zero-order valence-electron chi connectivity index (χ0n) is 5.20. The van der Waals surface area contributed by atoms with Gasteiger partial charge in [0.05, 0.1) is 12.4 Å². The van der Waals surface area contributed by atoms with Gasteiger partial charge in [0.1, 0.15) is 17.3 Å². The molecule has 52 valence electrons. The maximum Gasteiger partial charge on any atom is 0.143 e. The number of amidine groups is 1. The van der Waals surface area contributed by atoms with E-state index in [2.05, 4.69) is 9.97 Å². The van der Waals surface area contributed by atoms with Crippen LogP contribution in [0.4, 0.5) is 5.82 Å². The fourth-order valence-electron chi connectivity index (χ4n) is 0.477. The second kappa shape index (κ2) is 2.30. The highest BCUT2D eigenvalue weighted by atomic mass is 14.9. The number of rotatable bonds is 1. The number of anilines is 1. The standard InChI is InChI=1S/C5H7N5/c6-4-2-9-3(1-10-4)5(7)8/h1-2H,(H2,6,10)(H3,7,8). The molecule has 0 unspecified atom stereocenters. The van der Waals surface area contributed by atoms with Gasteiger partial charge < -0.3 is 11.5 Å². The average molecular weight is 137 g/mol. The molecule has 0 aliphatic rings. The van der Waals surface area contributed by atoms with E-state index in [-0.39, 0.29) is 5.84 Å². The summed E-state index contributed by atoms with van der Waals surface area (Å²) in [5.41, 5.74) is 10.7. The lowest BCUT2D eigenvalue weighted by Crippen LogP contribution is -2.13. The number of hydrogen-bond donors (Lipinski definition) is 3. The van der Waals surface area contributed by atoms with E-state index in [0.29, 0.717) is 11.5 Å². The molecule has 10 heavy (non-hydrogen) atoms. The molecule has 0 aromatic carbocycles. The quantitative estimate of drug-likeness (QED) is 0.353. The van der Waals surface area contributed by atoms with E-state index in [1.54, 1.807) is 0 Å². The van der Waals surface area contributed by atoms with E-state index in [9.17, 15) is 0 Å². The molecule has 0 atom stereocenters. The van der Waals surface area contributed by atoms with Crippen molar-refractivity contribution in [2.45, 2.75) is 0 Å². The van der Waals surface area contributed by atoms with Crippen molar-refractivity contribution in [3.8, 4) is 0 Å². The van der Waals surface area contributed by atoms with Crippen LogP contribution in [0.3, 0.4) is 0 Å². The van der Waals surface area contributed by atoms with E-state index in [4.69, 9.17) is 16.9 Å². The van der Waals surface area contributed by atoms with Crippen molar-refractivity contribution in [3.05, 3.63) is 18.1 Å². The Balaban J connectivity index is 3.00. The molecular weight excluding hydrogens is 130 g/mol. The molecule has 1 rings (SSSR count). The van der Waals surface area contributed by atoms with Crippen LogP contribution in [0.2, 0.25) is 0 Å². The van der Waals surface area contributed by atoms with Crippen LogP contribution in [-0.4, -0.2) is 15.8 Å². The number of nitrogens with one attached hydrogen (secondary N) is 1. The lowest BCUT2D eigenvalue weighted by atomic mass is 10.4. The molecule has 0 fully saturated rings. The Morgan fingerprint density at radius 1 is 1.40 bits per heavy atom. The lowest BCUT2D eigenvalue weighted by molar-refractivity contribution is 1.17. The Bertz CT molecular complexity index is 239. The molecule has 5 heteroatoms. The molecule has 5 nitrogen and oxygen atoms in total. The largest absolute Gasteiger partial charge is 0.382 e. The van der Waals surface area contributed by atoms with Crippen molar-refractivity contribution in [3.63, 3.8) is 0 Å². The summed E-state index contributed by atoms with van der Waals surface area (Å²) in [5.74, 6) is 0.220. The summed E-state index contributed by atoms with van der Waals surface area (Å²) in [6, 6.07) is 0. The zero-order chi connectivity index (χ0) is 7.56. The molecule has 0 amide bonds. The van der Waals surface area contributed by atoms with Crippen LogP contribution < -0.4 is 11.5 Å². The van der Waals surface area contributed by atoms with Gasteiger partial charge in [-0.2, -0.15) is 0 Å². The highest BCUT2D eigenvalue weighted by Crippen LogP contribution is 1.93. The first-order chi connectivity index (χ1) is 4.70. The predicted octanol–water partition coefficient (Wildman–Crippen LogP) is -0.657. The van der Waals surface area contributed by atoms with Gasteiger partial charge in [-0.3, -0.25) is 5.41 Å². The monoisotopic (exact) mass is 137 g/mol. The molecule has 0 radical (unpaired) electrons. The SMILES string of the molecule is N=C(N)c1cnc(N)cn1. The summed E-state index contributed by atoms with van der Waals surface area (Å²) < 4.78 is 0. The van der Waals surface area contributed by atoms with Crippen molar-refractivity contribution < 1.29 is 0 Å². The van der Waals surface area contributed by atoms with Gasteiger partial charge in [-0.25, -0.2) is 9.97 Å². The van der Waals surface area contributed by atoms with Crippen LogP contribution in [0.15, 0.2) is 12.4 Å². The van der Waals surface area contributed by atoms with Crippen LogP contribution in [0.1, 0.15) is 5.69 Å². The number of nitrogen functional groups attached to an aromatic ring is 2. The van der Waals surface area contributed by atoms with Gasteiger partial charge in [-0.1, -0.05) is 0 Å². The van der Waals surface area contributed by atoms with Crippen LogP contribution in [-0.2, 0) is 0 Å². The Kier molecular flexibility index (Phi) is 1.49. The van der Waals surface area contributed by atoms with Gasteiger partial charge in [-0.15, -0.1) is 0 Å². The van der Waals surface area contributed by atoms with Crippen LogP contribution in [0.25, 0.3) is 0 Å². The summed E-state index contributed by atoms with van der Waals surface area (Å²) in [7, 11) is 0. The first kappa shape index (κ1) is 6.47. The molecule has 0 spiro atoms. The first-order valence-electron chi connectivity index (χ1n) is 2.62. The Hall–Kier alpha value is -1.65. The van der Waals surface area contributed by atoms with Gasteiger partial charge >= 0.3 is 0 Å². The molecule has 0 bridgehead atoms. The topological polar surface area (TPSA) is 102 Å². The Labute approximate surface area is 57.6 Å². The third kappa shape index (κ3) is 1.19. The highest BCUT2D eigenvalue weighted by Gasteiger charge is 1.95. The predicted molar refractivity (Wildman–Crippen MR) is 37.5 cm³/mol. The Morgan fingerprint density at radius 3 is 2.50 bits per heavy atom. The molecule has 0 aliphatic carbocycles. The molecule has 0 aliphatic heterocycles. The molecular formula is C5H7N5. The van der Waals surface area contributed by atoms with E-state index < -0.39 is 0 Å². The van der Waals surface area contributed by atoms with Gasteiger partial charge in [0.25, 0.3) is 0 Å². The van der Waals surface area contributed by atoms with Crippen LogP contribution in [0, 0.1) is 5.41 Å². The van der Waals surface area contributed by atoms with Crippen molar-refractivity contribution >= 4 is 11.7 Å². The van der Waals surface area contributed by atoms with Gasteiger partial charge in [0.2, 0.25) is 0 Å². The van der Waals surface area contributed by atoms with Crippen molar-refractivity contribution in [2.24, 2.45) is 5.73 Å². The smallest absolute Gasteiger partial charge is 0.143 e. The normalized spacial score (nSPS) is 9.20. The number of nitrogens with two attached hydrogens (primary N) is 2. The third-order valence-electron chi connectivity index (χ3n) is 0.948. The van der Waals surface area contributed by atoms with Crippen molar-refractivity contribution in [2.75, 3.05) is 5.73 Å². The van der Waals surface area contributed by atoms with Gasteiger partial charge in [0.15, 0.2) is 0 Å². The summed E-state index contributed by atoms with van der Waals surface area (Å²) in [5, 5.41) is 6.94. The van der Waals surface area contributed by atoms with E-state index in [0.717, 1.165) is 0 Å². The minimum Gasteiger partial charge on any atom is -0.382 e. The van der Waals surface area contributed by atoms with E-state index >= 15 is 0 Å². The molecule has 0 saturated carbocycles. The molecule has 0 saturated heterocycles. The minimum atomic E-state index is -0.104. The fourth-order valence-corrected chi connectivity index (χ4v) is 0.477. The number of aromatic nitrogens is 2.